The fourth-order valence-electron chi connectivity index (χ4n) is 4.45. The zero-order valence-electron chi connectivity index (χ0n) is 16.1. The monoisotopic (exact) mass is 409 g/mol. The van der Waals surface area contributed by atoms with E-state index in [1.54, 1.807) is 0 Å². The average molecular weight is 410 g/mol. The van der Waals surface area contributed by atoms with Crippen molar-refractivity contribution in [2.45, 2.75) is 91.4 Å². The van der Waals surface area contributed by atoms with Crippen LogP contribution in [0.15, 0.2) is 0 Å². The van der Waals surface area contributed by atoms with Gasteiger partial charge in [0.1, 0.15) is 12.3 Å². The quantitative estimate of drug-likeness (QED) is 0.502. The Kier molecular flexibility index (Phi) is 9.17. The predicted molar refractivity (Wildman–Crippen MR) is 104 cm³/mol. The van der Waals surface area contributed by atoms with Crippen molar-refractivity contribution < 1.29 is 8.78 Å². The van der Waals surface area contributed by atoms with Crippen molar-refractivity contribution in [2.24, 2.45) is 28.4 Å². The summed E-state index contributed by atoms with van der Waals surface area (Å²) in [5, 5.41) is 0.504. The summed E-state index contributed by atoms with van der Waals surface area (Å²) in [5.41, 5.74) is 6.16. The minimum atomic E-state index is -0.774. The molecule has 0 amide bonds. The van der Waals surface area contributed by atoms with Crippen molar-refractivity contribution >= 4 is 15.9 Å². The van der Waals surface area contributed by atoms with Crippen LogP contribution < -0.4 is 5.73 Å². The maximum absolute atomic E-state index is 13.0. The molecule has 0 aromatic heterocycles. The Morgan fingerprint density at radius 3 is 1.62 bits per heavy atom. The smallest absolute Gasteiger partial charge is 0.113 e. The molecule has 2 fully saturated rings. The normalized spacial score (nSPS) is 30.5. The van der Waals surface area contributed by atoms with Crippen molar-refractivity contribution in [3.63, 3.8) is 0 Å². The van der Waals surface area contributed by atoms with Gasteiger partial charge >= 0.3 is 0 Å². The van der Waals surface area contributed by atoms with Crippen LogP contribution in [0.2, 0.25) is 0 Å². The second kappa shape index (κ2) is 9.85. The first-order chi connectivity index (χ1) is 11.1. The molecule has 1 nitrogen and oxygen atoms in total. The third kappa shape index (κ3) is 8.60. The highest BCUT2D eigenvalue weighted by molar-refractivity contribution is 9.09. The molecule has 2 aliphatic carbocycles. The number of hydrogen-bond donors (Lipinski definition) is 1. The summed E-state index contributed by atoms with van der Waals surface area (Å²) < 4.78 is 25.9. The highest BCUT2D eigenvalue weighted by Crippen LogP contribution is 2.43. The highest BCUT2D eigenvalue weighted by atomic mass is 79.9. The van der Waals surface area contributed by atoms with Gasteiger partial charge in [-0.05, 0) is 74.0 Å². The third-order valence-electron chi connectivity index (χ3n) is 5.74. The van der Waals surface area contributed by atoms with E-state index in [0.717, 1.165) is 6.42 Å². The van der Waals surface area contributed by atoms with Crippen LogP contribution in [-0.4, -0.2) is 24.2 Å². The number of rotatable bonds is 6. The van der Waals surface area contributed by atoms with Gasteiger partial charge in [0.2, 0.25) is 0 Å². The topological polar surface area (TPSA) is 26.0 Å². The van der Waals surface area contributed by atoms with E-state index in [9.17, 15) is 8.78 Å². The van der Waals surface area contributed by atoms with E-state index in [1.807, 2.05) is 0 Å². The minimum Gasteiger partial charge on any atom is -0.328 e. The van der Waals surface area contributed by atoms with Gasteiger partial charge in [-0.2, -0.15) is 0 Å². The Balaban J connectivity index is 0.000000240. The molecule has 2 N–H and O–H groups in total. The first-order valence-electron chi connectivity index (χ1n) is 9.61. The zero-order valence-corrected chi connectivity index (χ0v) is 17.7. The van der Waals surface area contributed by atoms with Crippen molar-refractivity contribution in [2.75, 3.05) is 11.9 Å². The second-order valence-corrected chi connectivity index (χ2v) is 10.2. The highest BCUT2D eigenvalue weighted by Gasteiger charge is 2.32. The van der Waals surface area contributed by atoms with E-state index in [4.69, 9.17) is 5.73 Å². The van der Waals surface area contributed by atoms with Gasteiger partial charge in [0.05, 0.1) is 0 Å². The molecule has 24 heavy (non-hydrogen) atoms. The molecule has 0 radical (unpaired) electrons. The van der Waals surface area contributed by atoms with E-state index in [-0.39, 0.29) is 6.54 Å². The summed E-state index contributed by atoms with van der Waals surface area (Å²) in [6, 6.07) is 0. The molecule has 0 aromatic rings. The van der Waals surface area contributed by atoms with E-state index < -0.39 is 12.3 Å². The molecule has 0 saturated heterocycles. The van der Waals surface area contributed by atoms with Gasteiger partial charge in [-0.1, -0.05) is 43.6 Å². The Labute approximate surface area is 156 Å². The van der Waals surface area contributed by atoms with E-state index in [0.29, 0.717) is 34.4 Å². The van der Waals surface area contributed by atoms with Crippen LogP contribution in [0.1, 0.15) is 79.1 Å². The lowest BCUT2D eigenvalue weighted by Gasteiger charge is -2.17. The van der Waals surface area contributed by atoms with Crippen LogP contribution in [0.5, 0.6) is 0 Å². The predicted octanol–water partition coefficient (Wildman–Crippen LogP) is 6.44. The summed E-state index contributed by atoms with van der Waals surface area (Å²) >= 11 is 3.18. The van der Waals surface area contributed by atoms with Crippen LogP contribution in [0.25, 0.3) is 0 Å². The zero-order chi connectivity index (χ0) is 18.4. The minimum absolute atomic E-state index is 0.191. The SMILES string of the molecule is CC1(C)CCC(CC(F)CBr)C1.CC1(C)CCC(CC(F)CN)C1. The molecule has 4 atom stereocenters. The fraction of sp³-hybridized carbons (Fsp3) is 1.00. The van der Waals surface area contributed by atoms with E-state index in [1.165, 1.54) is 38.5 Å². The summed E-state index contributed by atoms with van der Waals surface area (Å²) in [5.74, 6) is 1.21. The molecule has 0 bridgehead atoms. The summed E-state index contributed by atoms with van der Waals surface area (Å²) in [6.07, 6.45) is 7.34. The van der Waals surface area contributed by atoms with Gasteiger partial charge in [-0.3, -0.25) is 0 Å². The van der Waals surface area contributed by atoms with Crippen molar-refractivity contribution in [1.82, 2.24) is 0 Å². The standard InChI is InChI=1S/C10H18BrF.C10H20FN/c1-10(2)4-3-8(6-10)5-9(12)7-11;1-10(2)4-3-8(6-10)5-9(11)7-12/h8-9H,3-7H2,1-2H3;8-9H,3-7,12H2,1-2H3. The van der Waals surface area contributed by atoms with E-state index in [2.05, 4.69) is 43.6 Å². The first kappa shape index (κ1) is 22.3. The molecule has 0 aliphatic heterocycles. The molecule has 0 aromatic carbocycles. The lowest BCUT2D eigenvalue weighted by molar-refractivity contribution is 0.262. The maximum Gasteiger partial charge on any atom is 0.113 e. The van der Waals surface area contributed by atoms with Gasteiger partial charge in [0, 0.05) is 11.9 Å². The Hall–Kier alpha value is 0.300. The number of hydrogen-bond acceptors (Lipinski definition) is 1. The molecule has 144 valence electrons. The van der Waals surface area contributed by atoms with Crippen molar-refractivity contribution in [1.29, 1.82) is 0 Å². The fourth-order valence-corrected chi connectivity index (χ4v) is 4.71. The van der Waals surface area contributed by atoms with Crippen LogP contribution in [0.3, 0.4) is 0 Å². The van der Waals surface area contributed by atoms with Crippen LogP contribution >= 0.6 is 15.9 Å². The molecule has 4 heteroatoms. The van der Waals surface area contributed by atoms with Crippen molar-refractivity contribution in [3.05, 3.63) is 0 Å². The molecular weight excluding hydrogens is 372 g/mol. The Bertz CT molecular complexity index is 326. The van der Waals surface area contributed by atoms with Gasteiger partial charge in [0.25, 0.3) is 0 Å². The van der Waals surface area contributed by atoms with Gasteiger partial charge in [0.15, 0.2) is 0 Å². The number of halogens is 3. The number of nitrogens with two attached hydrogens (primary N) is 1. The largest absolute Gasteiger partial charge is 0.328 e. The molecule has 0 heterocycles. The van der Waals surface area contributed by atoms with Crippen molar-refractivity contribution in [3.8, 4) is 0 Å². The second-order valence-electron chi connectivity index (χ2n) is 9.60. The Morgan fingerprint density at radius 1 is 0.917 bits per heavy atom. The van der Waals surface area contributed by atoms with Crippen LogP contribution in [0, 0.1) is 22.7 Å². The summed E-state index contributed by atoms with van der Waals surface area (Å²) in [4.78, 5) is 0. The lowest BCUT2D eigenvalue weighted by atomic mass is 9.89. The molecule has 2 saturated carbocycles. The molecular formula is C20H38BrF2N. The van der Waals surface area contributed by atoms with E-state index >= 15 is 0 Å². The third-order valence-corrected chi connectivity index (χ3v) is 6.45. The number of alkyl halides is 3. The van der Waals surface area contributed by atoms with Gasteiger partial charge < -0.3 is 5.73 Å². The lowest BCUT2D eigenvalue weighted by Crippen LogP contribution is -2.18. The first-order valence-corrected chi connectivity index (χ1v) is 10.7. The van der Waals surface area contributed by atoms with Gasteiger partial charge in [-0.25, -0.2) is 8.78 Å². The maximum atomic E-state index is 13.0. The average Bonchev–Trinajstić information content (AvgIpc) is 3.00. The van der Waals surface area contributed by atoms with Crippen LogP contribution in [-0.2, 0) is 0 Å². The molecule has 4 unspecified atom stereocenters. The molecule has 2 aliphatic rings. The summed E-state index contributed by atoms with van der Waals surface area (Å²) in [7, 11) is 0. The molecule has 2 rings (SSSR count). The summed E-state index contributed by atoms with van der Waals surface area (Å²) in [6.45, 7) is 9.30. The molecule has 0 spiro atoms. The van der Waals surface area contributed by atoms with Gasteiger partial charge in [-0.15, -0.1) is 0 Å². The Morgan fingerprint density at radius 2 is 1.33 bits per heavy atom. The van der Waals surface area contributed by atoms with Crippen LogP contribution in [0.4, 0.5) is 8.78 Å².